The first-order valence-corrected chi connectivity index (χ1v) is 7.80. The summed E-state index contributed by atoms with van der Waals surface area (Å²) in [6, 6.07) is 14.2. The quantitative estimate of drug-likeness (QED) is 0.561. The molecule has 3 rings (SSSR count). The molecule has 0 spiro atoms. The van der Waals surface area contributed by atoms with Crippen LogP contribution in [-0.2, 0) is 5.33 Å². The van der Waals surface area contributed by atoms with Crippen molar-refractivity contribution in [2.24, 2.45) is 0 Å². The number of thiazole rings is 1. The number of nitrogens with zero attached hydrogens (tertiary/aromatic N) is 1. The lowest BCUT2D eigenvalue weighted by Crippen LogP contribution is -1.80. The van der Waals surface area contributed by atoms with Gasteiger partial charge >= 0.3 is 0 Å². The van der Waals surface area contributed by atoms with Crippen LogP contribution in [0.25, 0.3) is 21.3 Å². The molecule has 18 heavy (non-hydrogen) atoms. The van der Waals surface area contributed by atoms with E-state index >= 15 is 0 Å². The Morgan fingerprint density at radius 2 is 1.89 bits per heavy atom. The molecule has 0 unspecified atom stereocenters. The molecule has 0 aliphatic rings. The van der Waals surface area contributed by atoms with Crippen molar-refractivity contribution in [1.29, 1.82) is 0 Å². The summed E-state index contributed by atoms with van der Waals surface area (Å²) in [4.78, 5) is 4.67. The van der Waals surface area contributed by atoms with E-state index in [2.05, 4.69) is 39.1 Å². The highest BCUT2D eigenvalue weighted by molar-refractivity contribution is 9.08. The summed E-state index contributed by atoms with van der Waals surface area (Å²) >= 11 is 11.1. The van der Waals surface area contributed by atoms with E-state index in [1.54, 1.807) is 11.3 Å². The third-order valence-corrected chi connectivity index (χ3v) is 4.91. The Morgan fingerprint density at radius 1 is 1.11 bits per heavy atom. The van der Waals surface area contributed by atoms with Crippen molar-refractivity contribution >= 4 is 49.1 Å². The molecular formula is C14H9BrClNS. The molecule has 0 amide bonds. The lowest BCUT2D eigenvalue weighted by atomic mass is 10.0. The van der Waals surface area contributed by atoms with Gasteiger partial charge in [0.15, 0.2) is 0 Å². The minimum Gasteiger partial charge on any atom is -0.240 e. The van der Waals surface area contributed by atoms with Gasteiger partial charge in [0.05, 0.1) is 15.5 Å². The zero-order valence-electron chi connectivity index (χ0n) is 9.36. The van der Waals surface area contributed by atoms with Gasteiger partial charge in [0.2, 0.25) is 0 Å². The number of halogens is 2. The van der Waals surface area contributed by atoms with E-state index in [-0.39, 0.29) is 0 Å². The van der Waals surface area contributed by atoms with Crippen molar-refractivity contribution in [3.8, 4) is 11.1 Å². The summed E-state index contributed by atoms with van der Waals surface area (Å²) in [6.07, 6.45) is 0. The summed E-state index contributed by atoms with van der Waals surface area (Å²) < 4.78 is 1.22. The fourth-order valence-electron chi connectivity index (χ4n) is 1.91. The maximum absolute atomic E-state index is 5.92. The Hall–Kier alpha value is -0.900. The first kappa shape index (κ1) is 12.2. The van der Waals surface area contributed by atoms with Gasteiger partial charge in [-0.05, 0) is 23.8 Å². The van der Waals surface area contributed by atoms with Crippen LogP contribution in [0.15, 0.2) is 42.5 Å². The van der Waals surface area contributed by atoms with Crippen LogP contribution in [0.5, 0.6) is 0 Å². The van der Waals surface area contributed by atoms with Gasteiger partial charge in [-0.15, -0.1) is 11.3 Å². The van der Waals surface area contributed by atoms with E-state index in [9.17, 15) is 0 Å². The molecule has 1 heterocycles. The largest absolute Gasteiger partial charge is 0.240 e. The molecule has 0 radical (unpaired) electrons. The Balaban J connectivity index is 2.22. The van der Waals surface area contributed by atoms with Crippen molar-refractivity contribution in [2.75, 3.05) is 0 Å². The summed E-state index contributed by atoms with van der Waals surface area (Å²) in [5, 5.41) is 2.66. The maximum atomic E-state index is 5.92. The van der Waals surface area contributed by atoms with E-state index in [0.717, 1.165) is 32.0 Å². The molecule has 0 saturated heterocycles. The summed E-state index contributed by atoms with van der Waals surface area (Å²) in [7, 11) is 0. The van der Waals surface area contributed by atoms with E-state index in [4.69, 9.17) is 11.6 Å². The number of fused-ring (bicyclic) bond motifs is 1. The number of benzene rings is 2. The average Bonchev–Trinajstić information content (AvgIpc) is 2.82. The molecule has 3 aromatic rings. The summed E-state index contributed by atoms with van der Waals surface area (Å²) in [6.45, 7) is 0. The molecule has 1 nitrogen and oxygen atoms in total. The molecule has 0 bridgehead atoms. The molecule has 4 heteroatoms. The van der Waals surface area contributed by atoms with Gasteiger partial charge in [-0.3, -0.25) is 0 Å². The van der Waals surface area contributed by atoms with Crippen LogP contribution in [0.2, 0.25) is 5.02 Å². The summed E-state index contributed by atoms with van der Waals surface area (Å²) in [5.41, 5.74) is 3.38. The average molecular weight is 339 g/mol. The topological polar surface area (TPSA) is 12.9 Å². The third kappa shape index (κ3) is 2.18. The minimum atomic E-state index is 0.755. The van der Waals surface area contributed by atoms with Crippen molar-refractivity contribution in [3.05, 3.63) is 52.5 Å². The van der Waals surface area contributed by atoms with Crippen molar-refractivity contribution in [3.63, 3.8) is 0 Å². The first-order chi connectivity index (χ1) is 8.78. The normalized spacial score (nSPS) is 11.0. The molecule has 0 aliphatic carbocycles. The highest BCUT2D eigenvalue weighted by Crippen LogP contribution is 2.32. The number of hydrogen-bond donors (Lipinski definition) is 0. The van der Waals surface area contributed by atoms with Gasteiger partial charge in [-0.1, -0.05) is 51.8 Å². The molecule has 1 aromatic heterocycles. The smallest absolute Gasteiger partial charge is 0.104 e. The third-order valence-electron chi connectivity index (χ3n) is 2.73. The van der Waals surface area contributed by atoms with E-state index < -0.39 is 0 Å². The second-order valence-corrected chi connectivity index (χ2v) is 6.01. The zero-order valence-corrected chi connectivity index (χ0v) is 12.5. The predicted molar refractivity (Wildman–Crippen MR) is 82.7 cm³/mol. The second kappa shape index (κ2) is 5.00. The van der Waals surface area contributed by atoms with Gasteiger partial charge in [-0.2, -0.15) is 0 Å². The predicted octanol–water partition coefficient (Wildman–Crippen LogP) is 5.51. The highest BCUT2D eigenvalue weighted by atomic mass is 79.9. The van der Waals surface area contributed by atoms with Crippen LogP contribution in [0.3, 0.4) is 0 Å². The molecule has 0 saturated carbocycles. The number of hydrogen-bond acceptors (Lipinski definition) is 2. The van der Waals surface area contributed by atoms with E-state index in [1.807, 2.05) is 24.3 Å². The zero-order chi connectivity index (χ0) is 12.5. The van der Waals surface area contributed by atoms with E-state index in [0.29, 0.717) is 0 Å². The SMILES string of the molecule is Clc1ccc(-c2cccc3sc(CBr)nc23)cc1. The van der Waals surface area contributed by atoms with Crippen LogP contribution in [0.1, 0.15) is 5.01 Å². The Bertz CT molecular complexity index is 691. The van der Waals surface area contributed by atoms with Crippen molar-refractivity contribution in [1.82, 2.24) is 4.98 Å². The molecule has 0 N–H and O–H groups in total. The lowest BCUT2D eigenvalue weighted by molar-refractivity contribution is 1.32. The van der Waals surface area contributed by atoms with Crippen LogP contribution < -0.4 is 0 Å². The van der Waals surface area contributed by atoms with Crippen LogP contribution >= 0.6 is 38.9 Å². The number of para-hydroxylation sites is 1. The van der Waals surface area contributed by atoms with Crippen LogP contribution in [0.4, 0.5) is 0 Å². The molecular weight excluding hydrogens is 330 g/mol. The lowest BCUT2D eigenvalue weighted by Gasteiger charge is -2.02. The molecule has 90 valence electrons. The second-order valence-electron chi connectivity index (χ2n) is 3.90. The fraction of sp³-hybridized carbons (Fsp3) is 0.0714. The molecule has 2 aromatic carbocycles. The monoisotopic (exact) mass is 337 g/mol. The van der Waals surface area contributed by atoms with Gasteiger partial charge in [0.1, 0.15) is 5.01 Å². The minimum absolute atomic E-state index is 0.755. The molecule has 0 atom stereocenters. The first-order valence-electron chi connectivity index (χ1n) is 5.48. The Morgan fingerprint density at radius 3 is 2.61 bits per heavy atom. The Kier molecular flexibility index (Phi) is 3.37. The van der Waals surface area contributed by atoms with Crippen molar-refractivity contribution < 1.29 is 0 Å². The van der Waals surface area contributed by atoms with Crippen LogP contribution in [0, 0.1) is 0 Å². The van der Waals surface area contributed by atoms with E-state index in [1.165, 1.54) is 4.70 Å². The van der Waals surface area contributed by atoms with Gasteiger partial charge < -0.3 is 0 Å². The Labute approximate surface area is 123 Å². The standard InChI is InChI=1S/C14H9BrClNS/c15-8-13-17-14-11(2-1-3-12(14)18-13)9-4-6-10(16)7-5-9/h1-7H,8H2. The molecule has 0 fully saturated rings. The number of alkyl halides is 1. The van der Waals surface area contributed by atoms with Gasteiger partial charge in [0, 0.05) is 10.6 Å². The number of aromatic nitrogens is 1. The van der Waals surface area contributed by atoms with Gasteiger partial charge in [-0.25, -0.2) is 4.98 Å². The molecule has 0 aliphatic heterocycles. The van der Waals surface area contributed by atoms with Crippen molar-refractivity contribution in [2.45, 2.75) is 5.33 Å². The maximum Gasteiger partial charge on any atom is 0.104 e. The van der Waals surface area contributed by atoms with Crippen LogP contribution in [-0.4, -0.2) is 4.98 Å². The van der Waals surface area contributed by atoms with Gasteiger partial charge in [0.25, 0.3) is 0 Å². The fourth-order valence-corrected chi connectivity index (χ4v) is 3.35. The number of rotatable bonds is 2. The highest BCUT2D eigenvalue weighted by Gasteiger charge is 2.08. The summed E-state index contributed by atoms with van der Waals surface area (Å²) in [5.74, 6) is 0.